The van der Waals surface area contributed by atoms with Gasteiger partial charge in [-0.15, -0.1) is 0 Å². The van der Waals surface area contributed by atoms with Crippen molar-refractivity contribution in [3.63, 3.8) is 0 Å². The molecule has 1 aromatic rings. The van der Waals surface area contributed by atoms with Crippen molar-refractivity contribution in [2.45, 2.75) is 33.4 Å². The monoisotopic (exact) mass is 253 g/mol. The Balaban J connectivity index is 2.34. The third kappa shape index (κ3) is 5.27. The Labute approximate surface area is 107 Å². The number of benzene rings is 1. The molecule has 0 spiro atoms. The molecular weight excluding hydrogens is 233 g/mol. The molecule has 1 rings (SSSR count). The van der Waals surface area contributed by atoms with Gasteiger partial charge >= 0.3 is 0 Å². The van der Waals surface area contributed by atoms with E-state index in [1.807, 2.05) is 13.8 Å². The Hall–Kier alpha value is -1.42. The van der Waals surface area contributed by atoms with Crippen LogP contribution in [0.4, 0.5) is 4.39 Å². The SMILES string of the molecule is CC(C)CO[C@H](C)C(=O)NCc1ccc(F)cc1. The smallest absolute Gasteiger partial charge is 0.249 e. The molecule has 100 valence electrons. The largest absolute Gasteiger partial charge is 0.368 e. The van der Waals surface area contributed by atoms with Gasteiger partial charge in [-0.25, -0.2) is 4.39 Å². The molecule has 0 unspecified atom stereocenters. The number of halogens is 1. The van der Waals surface area contributed by atoms with Gasteiger partial charge in [0.25, 0.3) is 0 Å². The fourth-order valence-corrected chi connectivity index (χ4v) is 1.35. The van der Waals surface area contributed by atoms with E-state index in [2.05, 4.69) is 5.32 Å². The zero-order valence-electron chi connectivity index (χ0n) is 11.1. The summed E-state index contributed by atoms with van der Waals surface area (Å²) in [5, 5.41) is 2.76. The van der Waals surface area contributed by atoms with Gasteiger partial charge in [-0.3, -0.25) is 4.79 Å². The van der Waals surface area contributed by atoms with Gasteiger partial charge in [0.05, 0.1) is 0 Å². The summed E-state index contributed by atoms with van der Waals surface area (Å²) in [4.78, 5) is 11.7. The van der Waals surface area contributed by atoms with Gasteiger partial charge in [0.1, 0.15) is 11.9 Å². The van der Waals surface area contributed by atoms with Crippen molar-refractivity contribution in [2.75, 3.05) is 6.61 Å². The second kappa shape index (κ2) is 7.11. The Morgan fingerprint density at radius 3 is 2.44 bits per heavy atom. The molecule has 0 heterocycles. The highest BCUT2D eigenvalue weighted by Gasteiger charge is 2.13. The van der Waals surface area contributed by atoms with Crippen molar-refractivity contribution in [2.24, 2.45) is 5.92 Å². The number of nitrogens with one attached hydrogen (secondary N) is 1. The maximum Gasteiger partial charge on any atom is 0.249 e. The third-order valence-electron chi connectivity index (χ3n) is 2.43. The number of hydrogen-bond acceptors (Lipinski definition) is 2. The van der Waals surface area contributed by atoms with Gasteiger partial charge in [-0.05, 0) is 30.5 Å². The minimum Gasteiger partial charge on any atom is -0.368 e. The first-order chi connectivity index (χ1) is 8.49. The van der Waals surface area contributed by atoms with E-state index in [-0.39, 0.29) is 11.7 Å². The van der Waals surface area contributed by atoms with Crippen LogP contribution < -0.4 is 5.32 Å². The van der Waals surface area contributed by atoms with Crippen LogP contribution in [0.2, 0.25) is 0 Å². The number of ether oxygens (including phenoxy) is 1. The highest BCUT2D eigenvalue weighted by atomic mass is 19.1. The predicted octanol–water partition coefficient (Wildman–Crippen LogP) is 2.50. The number of hydrogen-bond donors (Lipinski definition) is 1. The van der Waals surface area contributed by atoms with Crippen LogP contribution in [-0.4, -0.2) is 18.6 Å². The van der Waals surface area contributed by atoms with E-state index in [4.69, 9.17) is 4.74 Å². The maximum atomic E-state index is 12.7. The van der Waals surface area contributed by atoms with E-state index in [0.717, 1.165) is 5.56 Å². The number of carbonyl (C=O) groups is 1. The Morgan fingerprint density at radius 2 is 1.89 bits per heavy atom. The molecule has 4 heteroatoms. The van der Waals surface area contributed by atoms with E-state index in [0.29, 0.717) is 19.1 Å². The minimum atomic E-state index is -0.465. The molecule has 0 aliphatic carbocycles. The molecule has 0 aliphatic heterocycles. The first kappa shape index (κ1) is 14.6. The zero-order valence-corrected chi connectivity index (χ0v) is 11.1. The van der Waals surface area contributed by atoms with Gasteiger partial charge in [0.2, 0.25) is 5.91 Å². The van der Waals surface area contributed by atoms with E-state index in [1.165, 1.54) is 12.1 Å². The molecule has 0 bridgehead atoms. The van der Waals surface area contributed by atoms with Crippen molar-refractivity contribution < 1.29 is 13.9 Å². The first-order valence-corrected chi connectivity index (χ1v) is 6.12. The van der Waals surface area contributed by atoms with Crippen LogP contribution in [0.5, 0.6) is 0 Å². The molecule has 0 aromatic heterocycles. The predicted molar refractivity (Wildman–Crippen MR) is 68.5 cm³/mol. The standard InChI is InChI=1S/C14H20FNO2/c1-10(2)9-18-11(3)14(17)16-8-12-4-6-13(15)7-5-12/h4-7,10-11H,8-9H2,1-3H3,(H,16,17)/t11-/m1/s1. The van der Waals surface area contributed by atoms with Crippen LogP contribution >= 0.6 is 0 Å². The summed E-state index contributed by atoms with van der Waals surface area (Å²) in [7, 11) is 0. The van der Waals surface area contributed by atoms with Gasteiger partial charge in [0, 0.05) is 13.2 Å². The fraction of sp³-hybridized carbons (Fsp3) is 0.500. The van der Waals surface area contributed by atoms with Gasteiger partial charge in [0.15, 0.2) is 0 Å². The first-order valence-electron chi connectivity index (χ1n) is 6.12. The lowest BCUT2D eigenvalue weighted by Gasteiger charge is -2.14. The van der Waals surface area contributed by atoms with Crippen molar-refractivity contribution in [3.05, 3.63) is 35.6 Å². The zero-order chi connectivity index (χ0) is 13.5. The van der Waals surface area contributed by atoms with Crippen molar-refractivity contribution >= 4 is 5.91 Å². The third-order valence-corrected chi connectivity index (χ3v) is 2.43. The van der Waals surface area contributed by atoms with Gasteiger partial charge in [-0.1, -0.05) is 26.0 Å². The van der Waals surface area contributed by atoms with Crippen LogP contribution in [-0.2, 0) is 16.1 Å². The fourth-order valence-electron chi connectivity index (χ4n) is 1.35. The lowest BCUT2D eigenvalue weighted by Crippen LogP contribution is -2.34. The highest BCUT2D eigenvalue weighted by Crippen LogP contribution is 2.03. The molecule has 1 N–H and O–H groups in total. The van der Waals surface area contributed by atoms with Crippen molar-refractivity contribution in [3.8, 4) is 0 Å². The second-order valence-electron chi connectivity index (χ2n) is 4.71. The Kier molecular flexibility index (Phi) is 5.78. The molecule has 1 aromatic carbocycles. The quantitative estimate of drug-likeness (QED) is 0.846. The number of carbonyl (C=O) groups excluding carboxylic acids is 1. The number of rotatable bonds is 6. The molecule has 1 amide bonds. The summed E-state index contributed by atoms with van der Waals surface area (Å²) >= 11 is 0. The normalized spacial score (nSPS) is 12.5. The highest BCUT2D eigenvalue weighted by molar-refractivity contribution is 5.80. The summed E-state index contributed by atoms with van der Waals surface area (Å²) < 4.78 is 18.1. The second-order valence-corrected chi connectivity index (χ2v) is 4.71. The molecule has 0 aliphatic rings. The Morgan fingerprint density at radius 1 is 1.28 bits per heavy atom. The average Bonchev–Trinajstić information content (AvgIpc) is 2.34. The van der Waals surface area contributed by atoms with Gasteiger partial charge < -0.3 is 10.1 Å². The summed E-state index contributed by atoms with van der Waals surface area (Å²) in [6.45, 7) is 6.73. The Bertz CT molecular complexity index is 376. The lowest BCUT2D eigenvalue weighted by molar-refractivity contribution is -0.132. The topological polar surface area (TPSA) is 38.3 Å². The lowest BCUT2D eigenvalue weighted by atomic mass is 10.2. The molecule has 0 saturated carbocycles. The van der Waals surface area contributed by atoms with E-state index in [1.54, 1.807) is 19.1 Å². The van der Waals surface area contributed by atoms with E-state index in [9.17, 15) is 9.18 Å². The molecular formula is C14H20FNO2. The molecule has 3 nitrogen and oxygen atoms in total. The van der Waals surface area contributed by atoms with Gasteiger partial charge in [-0.2, -0.15) is 0 Å². The molecule has 0 fully saturated rings. The summed E-state index contributed by atoms with van der Waals surface area (Å²) in [6.07, 6.45) is -0.465. The van der Waals surface area contributed by atoms with Crippen molar-refractivity contribution in [1.29, 1.82) is 0 Å². The van der Waals surface area contributed by atoms with E-state index >= 15 is 0 Å². The van der Waals surface area contributed by atoms with Crippen LogP contribution in [0.1, 0.15) is 26.3 Å². The molecule has 0 saturated heterocycles. The van der Waals surface area contributed by atoms with Crippen LogP contribution in [0.15, 0.2) is 24.3 Å². The summed E-state index contributed by atoms with van der Waals surface area (Å²) in [5.41, 5.74) is 0.862. The minimum absolute atomic E-state index is 0.153. The molecule has 18 heavy (non-hydrogen) atoms. The van der Waals surface area contributed by atoms with E-state index < -0.39 is 6.10 Å². The number of amides is 1. The average molecular weight is 253 g/mol. The summed E-state index contributed by atoms with van der Waals surface area (Å²) in [6, 6.07) is 6.05. The van der Waals surface area contributed by atoms with Crippen LogP contribution in [0, 0.1) is 11.7 Å². The molecule has 1 atom stereocenters. The maximum absolute atomic E-state index is 12.7. The summed E-state index contributed by atoms with van der Waals surface area (Å²) in [5.74, 6) is -0.0314. The van der Waals surface area contributed by atoms with Crippen molar-refractivity contribution in [1.82, 2.24) is 5.32 Å². The van der Waals surface area contributed by atoms with Crippen LogP contribution in [0.3, 0.4) is 0 Å². The molecule has 0 radical (unpaired) electrons. The van der Waals surface area contributed by atoms with Crippen LogP contribution in [0.25, 0.3) is 0 Å².